The van der Waals surface area contributed by atoms with E-state index in [1.165, 1.54) is 9.58 Å². The summed E-state index contributed by atoms with van der Waals surface area (Å²) in [7, 11) is 0. The third-order valence-corrected chi connectivity index (χ3v) is 6.37. The lowest BCUT2D eigenvalue weighted by molar-refractivity contribution is -0.577. The molecule has 34 heavy (non-hydrogen) atoms. The van der Waals surface area contributed by atoms with Crippen molar-refractivity contribution in [3.8, 4) is 11.6 Å². The predicted octanol–water partition coefficient (Wildman–Crippen LogP) is 4.12. The molecule has 176 valence electrons. The molecule has 0 aliphatic carbocycles. The summed E-state index contributed by atoms with van der Waals surface area (Å²) in [6.07, 6.45) is 3.45. The molecule has 0 N–H and O–H groups in total. The summed E-state index contributed by atoms with van der Waals surface area (Å²) >= 11 is 12.2. The zero-order chi connectivity index (χ0) is 24.9. The third kappa shape index (κ3) is 3.89. The van der Waals surface area contributed by atoms with E-state index in [0.29, 0.717) is 16.4 Å². The van der Waals surface area contributed by atoms with Gasteiger partial charge in [-0.3, -0.25) is 14.5 Å². The second kappa shape index (κ2) is 8.89. The number of hydrogen-bond acceptors (Lipinski definition) is 4. The number of aryl methyl sites for hydroxylation is 1. The van der Waals surface area contributed by atoms with Gasteiger partial charge in [0.2, 0.25) is 0 Å². The molecule has 0 spiro atoms. The van der Waals surface area contributed by atoms with Crippen molar-refractivity contribution in [2.45, 2.75) is 46.6 Å². The van der Waals surface area contributed by atoms with Gasteiger partial charge >= 0.3 is 5.91 Å². The molecule has 0 radical (unpaired) electrons. The molecular formula is C25H24Cl2N4O3. The summed E-state index contributed by atoms with van der Waals surface area (Å²) in [5.41, 5.74) is 2.03. The van der Waals surface area contributed by atoms with Crippen molar-refractivity contribution in [2.24, 2.45) is 0 Å². The highest BCUT2D eigenvalue weighted by Gasteiger charge is 2.48. The van der Waals surface area contributed by atoms with E-state index in [4.69, 9.17) is 23.2 Å². The molecule has 2 amide bonds. The van der Waals surface area contributed by atoms with E-state index in [0.717, 1.165) is 5.56 Å². The van der Waals surface area contributed by atoms with Crippen molar-refractivity contribution in [1.82, 2.24) is 14.7 Å². The highest BCUT2D eigenvalue weighted by molar-refractivity contribution is 6.45. The number of carbonyl (C=O) groups excluding carboxylic acids is 2. The highest BCUT2D eigenvalue weighted by atomic mass is 35.5. The van der Waals surface area contributed by atoms with Crippen molar-refractivity contribution in [3.63, 3.8) is 0 Å². The molecule has 1 aliphatic rings. The minimum absolute atomic E-state index is 0.0503. The molecule has 2 aromatic heterocycles. The molecule has 0 saturated heterocycles. The van der Waals surface area contributed by atoms with Gasteiger partial charge in [-0.2, -0.15) is 9.67 Å². The minimum atomic E-state index is -0.517. The predicted molar refractivity (Wildman–Crippen MR) is 129 cm³/mol. The minimum Gasteiger partial charge on any atom is -0.858 e. The van der Waals surface area contributed by atoms with Gasteiger partial charge in [-0.15, -0.1) is 0 Å². The normalized spacial score (nSPS) is 14.3. The number of imide groups is 1. The molecule has 7 nitrogen and oxygen atoms in total. The maximum Gasteiger partial charge on any atom is 0.327 e. The fourth-order valence-corrected chi connectivity index (χ4v) is 4.34. The number of halogens is 2. The zero-order valence-corrected chi connectivity index (χ0v) is 21.0. The van der Waals surface area contributed by atoms with Crippen molar-refractivity contribution in [1.29, 1.82) is 0 Å². The Morgan fingerprint density at radius 2 is 1.74 bits per heavy atom. The summed E-state index contributed by atoms with van der Waals surface area (Å²) < 4.78 is 2.81. The van der Waals surface area contributed by atoms with E-state index in [2.05, 4.69) is 5.10 Å². The van der Waals surface area contributed by atoms with Gasteiger partial charge in [-0.25, -0.2) is 4.68 Å². The van der Waals surface area contributed by atoms with E-state index < -0.39 is 17.7 Å². The third-order valence-electron chi connectivity index (χ3n) is 5.63. The van der Waals surface area contributed by atoms with Crippen LogP contribution >= 0.6 is 23.2 Å². The van der Waals surface area contributed by atoms with Gasteiger partial charge in [-0.1, -0.05) is 37.0 Å². The van der Waals surface area contributed by atoms with Crippen LogP contribution in [0.15, 0.2) is 42.7 Å². The molecule has 4 rings (SSSR count). The molecule has 9 heteroatoms. The second-order valence-corrected chi connectivity index (χ2v) is 9.63. The standard InChI is InChI=1S/C25H24Cl2N4O3/c1-13(2)21-19(24(33)31(28-21)16-8-9-17(26)18(27)11-16)20-22(29-10-6-7-15(5)12-29)25(34)30(14(3)4)23(20)32/h6-14H,1-5H3. The lowest BCUT2D eigenvalue weighted by Gasteiger charge is -2.19. The Kier molecular flexibility index (Phi) is 6.27. The van der Waals surface area contributed by atoms with Crippen LogP contribution in [0.5, 0.6) is 5.88 Å². The quantitative estimate of drug-likeness (QED) is 0.391. The van der Waals surface area contributed by atoms with Crippen molar-refractivity contribution >= 4 is 46.3 Å². The Morgan fingerprint density at radius 1 is 1.03 bits per heavy atom. The largest absolute Gasteiger partial charge is 0.858 e. The van der Waals surface area contributed by atoms with Gasteiger partial charge in [0.15, 0.2) is 12.4 Å². The molecule has 0 saturated carbocycles. The van der Waals surface area contributed by atoms with Crippen molar-refractivity contribution in [3.05, 3.63) is 69.6 Å². The Morgan fingerprint density at radius 3 is 2.32 bits per heavy atom. The average Bonchev–Trinajstić information content (AvgIpc) is 3.23. The highest BCUT2D eigenvalue weighted by Crippen LogP contribution is 2.40. The molecule has 1 aliphatic heterocycles. The number of rotatable bonds is 5. The molecule has 0 fully saturated rings. The molecule has 0 bridgehead atoms. The summed E-state index contributed by atoms with van der Waals surface area (Å²) in [6, 6.07) is 8.03. The lowest BCUT2D eigenvalue weighted by atomic mass is 9.98. The van der Waals surface area contributed by atoms with Crippen molar-refractivity contribution < 1.29 is 19.3 Å². The average molecular weight is 499 g/mol. The first kappa shape index (κ1) is 24.0. The zero-order valence-electron chi connectivity index (χ0n) is 19.5. The Labute approximate surface area is 207 Å². The molecule has 1 aromatic carbocycles. The molecule has 0 unspecified atom stereocenters. The first-order valence-electron chi connectivity index (χ1n) is 10.9. The number of aromatic nitrogens is 3. The van der Waals surface area contributed by atoms with Crippen LogP contribution in [0.3, 0.4) is 0 Å². The number of hydrogen-bond donors (Lipinski definition) is 0. The van der Waals surface area contributed by atoms with Crippen LogP contribution in [0, 0.1) is 6.92 Å². The van der Waals surface area contributed by atoms with Gasteiger partial charge in [0.25, 0.3) is 11.6 Å². The number of nitrogens with zero attached hydrogens (tertiary/aromatic N) is 4. The Bertz CT molecular complexity index is 1360. The lowest BCUT2D eigenvalue weighted by Crippen LogP contribution is -2.42. The number of benzene rings is 1. The van der Waals surface area contributed by atoms with Crippen LogP contribution in [-0.2, 0) is 9.59 Å². The summed E-state index contributed by atoms with van der Waals surface area (Å²) in [4.78, 5) is 28.3. The van der Waals surface area contributed by atoms with Gasteiger partial charge in [0.1, 0.15) is 5.57 Å². The monoisotopic (exact) mass is 498 g/mol. The molecule has 0 atom stereocenters. The number of amides is 2. The SMILES string of the molecule is Cc1ccc[n+](C2=C(c3c(C(C)C)nn(-c4ccc(Cl)c(Cl)c4)c3[O-])C(=O)N(C(C)C)C2=O)c1. The van der Waals surface area contributed by atoms with Crippen LogP contribution < -0.4 is 9.67 Å². The first-order chi connectivity index (χ1) is 16.0. The van der Waals surface area contributed by atoms with Gasteiger partial charge < -0.3 is 5.11 Å². The van der Waals surface area contributed by atoms with E-state index in [1.807, 2.05) is 26.8 Å². The van der Waals surface area contributed by atoms with Crippen LogP contribution in [0.25, 0.3) is 17.0 Å². The fraction of sp³-hybridized carbons (Fsp3) is 0.280. The number of pyridine rings is 1. The topological polar surface area (TPSA) is 82.1 Å². The second-order valence-electron chi connectivity index (χ2n) is 8.82. The summed E-state index contributed by atoms with van der Waals surface area (Å²) in [5, 5.41) is 18.9. The van der Waals surface area contributed by atoms with Crippen LogP contribution in [0.1, 0.15) is 50.4 Å². The van der Waals surface area contributed by atoms with E-state index in [-0.39, 0.29) is 33.8 Å². The maximum absolute atomic E-state index is 13.7. The van der Waals surface area contributed by atoms with Crippen molar-refractivity contribution in [2.75, 3.05) is 0 Å². The number of carbonyl (C=O) groups is 2. The molecular weight excluding hydrogens is 475 g/mol. The Balaban J connectivity index is 2.05. The van der Waals surface area contributed by atoms with E-state index in [9.17, 15) is 14.7 Å². The van der Waals surface area contributed by atoms with Gasteiger partial charge in [0.05, 0.1) is 21.4 Å². The van der Waals surface area contributed by atoms with Crippen LogP contribution in [0.4, 0.5) is 0 Å². The van der Waals surface area contributed by atoms with Crippen LogP contribution in [-0.4, -0.2) is 32.5 Å². The fourth-order valence-electron chi connectivity index (χ4n) is 4.05. The van der Waals surface area contributed by atoms with Gasteiger partial charge in [-0.05, 0) is 56.8 Å². The maximum atomic E-state index is 13.7. The first-order valence-corrected chi connectivity index (χ1v) is 11.6. The molecule has 3 aromatic rings. The van der Waals surface area contributed by atoms with E-state index >= 15 is 0 Å². The Hall–Kier alpha value is -3.16. The summed E-state index contributed by atoms with van der Waals surface area (Å²) in [6.45, 7) is 9.17. The smallest absolute Gasteiger partial charge is 0.327 e. The van der Waals surface area contributed by atoms with Gasteiger partial charge in [0, 0.05) is 23.2 Å². The van der Waals surface area contributed by atoms with E-state index in [1.54, 1.807) is 55.1 Å². The van der Waals surface area contributed by atoms with Crippen LogP contribution in [0.2, 0.25) is 10.0 Å². The molecule has 3 heterocycles. The summed E-state index contributed by atoms with van der Waals surface area (Å²) in [5.74, 6) is -1.67.